The number of benzene rings is 1. The number of anilines is 3. The highest BCUT2D eigenvalue weighted by Gasteiger charge is 2.41. The molecule has 8 nitrogen and oxygen atoms in total. The van der Waals surface area contributed by atoms with E-state index in [1.54, 1.807) is 12.1 Å². The van der Waals surface area contributed by atoms with Crippen LogP contribution in [0.4, 0.5) is 17.2 Å². The molecule has 0 amide bonds. The Morgan fingerprint density at radius 1 is 1.08 bits per heavy atom. The number of rotatable bonds is 4. The maximum Gasteiger partial charge on any atom is 0.169 e. The van der Waals surface area contributed by atoms with E-state index in [0.717, 1.165) is 61.6 Å². The molecule has 0 radical (unpaired) electrons. The van der Waals surface area contributed by atoms with Gasteiger partial charge in [-0.05, 0) is 68.4 Å². The van der Waals surface area contributed by atoms with Gasteiger partial charge >= 0.3 is 0 Å². The number of nitrogen functional groups attached to an aromatic ring is 1. The fraction of sp³-hybridized carbons (Fsp3) is 0.414. The van der Waals surface area contributed by atoms with Crippen LogP contribution in [0.2, 0.25) is 0 Å². The van der Waals surface area contributed by atoms with Crippen LogP contribution < -0.4 is 15.5 Å². The zero-order valence-corrected chi connectivity index (χ0v) is 21.2. The average Bonchev–Trinajstić information content (AvgIpc) is 3.41. The Morgan fingerprint density at radius 3 is 2.76 bits per heavy atom. The zero-order valence-electron chi connectivity index (χ0n) is 21.2. The van der Waals surface area contributed by atoms with Crippen LogP contribution in [-0.2, 0) is 0 Å². The number of para-hydroxylation sites is 1. The van der Waals surface area contributed by atoms with Gasteiger partial charge in [0.1, 0.15) is 11.4 Å². The minimum atomic E-state index is 0.178. The smallest absolute Gasteiger partial charge is 0.169 e. The maximum absolute atomic E-state index is 10.3. The van der Waals surface area contributed by atoms with E-state index in [4.69, 9.17) is 5.73 Å². The third kappa shape index (κ3) is 4.79. The lowest BCUT2D eigenvalue weighted by molar-refractivity contribution is 0.268. The Morgan fingerprint density at radius 2 is 1.95 bits per heavy atom. The predicted octanol–water partition coefficient (Wildman–Crippen LogP) is 3.38. The van der Waals surface area contributed by atoms with Gasteiger partial charge in [-0.2, -0.15) is 0 Å². The molecule has 1 atom stereocenters. The van der Waals surface area contributed by atoms with Crippen molar-refractivity contribution in [3.05, 3.63) is 54.4 Å². The quantitative estimate of drug-likeness (QED) is 0.532. The predicted molar refractivity (Wildman–Crippen MR) is 146 cm³/mol. The molecule has 5 heterocycles. The number of phenolic OH excluding ortho intramolecular Hbond substituents is 1. The van der Waals surface area contributed by atoms with Crippen molar-refractivity contribution in [3.63, 3.8) is 0 Å². The third-order valence-corrected chi connectivity index (χ3v) is 8.08. The van der Waals surface area contributed by atoms with Gasteiger partial charge in [-0.15, -0.1) is 10.2 Å². The minimum absolute atomic E-state index is 0.178. The Bertz CT molecular complexity index is 1340. The molecule has 1 aromatic carbocycles. The number of phenols is 1. The second kappa shape index (κ2) is 9.91. The molecule has 0 unspecified atom stereocenters. The minimum Gasteiger partial charge on any atom is -0.507 e. The molecule has 3 aromatic rings. The van der Waals surface area contributed by atoms with Crippen molar-refractivity contribution in [2.75, 3.05) is 48.3 Å². The highest BCUT2D eigenvalue weighted by atomic mass is 16.3. The number of aromatic nitrogens is 3. The van der Waals surface area contributed by atoms with Gasteiger partial charge in [0, 0.05) is 55.7 Å². The lowest BCUT2D eigenvalue weighted by Gasteiger charge is -2.29. The van der Waals surface area contributed by atoms with Gasteiger partial charge < -0.3 is 20.6 Å². The van der Waals surface area contributed by atoms with E-state index in [-0.39, 0.29) is 5.75 Å². The lowest BCUT2D eigenvalue weighted by Crippen LogP contribution is -2.35. The van der Waals surface area contributed by atoms with Crippen molar-refractivity contribution in [3.8, 4) is 28.8 Å². The first-order chi connectivity index (χ1) is 18.0. The Hall–Kier alpha value is -3.83. The zero-order chi connectivity index (χ0) is 25.4. The first-order valence-electron chi connectivity index (χ1n) is 13.2. The molecule has 3 aliphatic heterocycles. The van der Waals surface area contributed by atoms with Gasteiger partial charge in [0.15, 0.2) is 5.82 Å². The highest BCUT2D eigenvalue weighted by Crippen LogP contribution is 2.40. The Balaban J connectivity index is 1.17. The first-order valence-corrected chi connectivity index (χ1v) is 13.2. The normalized spacial score (nSPS) is 23.2. The summed E-state index contributed by atoms with van der Waals surface area (Å²) >= 11 is 0. The number of hydrogen-bond donors (Lipinski definition) is 2. The molecule has 2 bridgehead atoms. The number of pyridine rings is 1. The summed E-state index contributed by atoms with van der Waals surface area (Å²) in [6.07, 6.45) is 5.55. The second-order valence-electron chi connectivity index (χ2n) is 10.5. The summed E-state index contributed by atoms with van der Waals surface area (Å²) in [5, 5.41) is 18.7. The van der Waals surface area contributed by atoms with Crippen LogP contribution in [0.3, 0.4) is 0 Å². The Labute approximate surface area is 218 Å². The number of nitrogens with zero attached hydrogens (tertiary/aromatic N) is 6. The van der Waals surface area contributed by atoms with E-state index in [9.17, 15) is 5.11 Å². The second-order valence-corrected chi connectivity index (χ2v) is 10.5. The number of fused-ring (bicyclic) bond motifs is 1. The molecule has 4 aliphatic rings. The SMILES string of the molecule is C[C@@H]1CCN(c2cc(-c3ccccc3O)nnc2N)CCN1c1ccnc(C#CCN2CC3CC2C3)c1. The van der Waals surface area contributed by atoms with E-state index in [2.05, 4.69) is 60.8 Å². The largest absolute Gasteiger partial charge is 0.507 e. The molecule has 4 fully saturated rings. The molecular weight excluding hydrogens is 462 g/mol. The summed E-state index contributed by atoms with van der Waals surface area (Å²) < 4.78 is 0. The first kappa shape index (κ1) is 23.6. The molecule has 2 aromatic heterocycles. The topological polar surface area (TPSA) is 94.6 Å². The molecular formula is C29H33N7O. The Kier molecular flexibility index (Phi) is 6.31. The molecule has 3 saturated heterocycles. The molecule has 0 spiro atoms. The van der Waals surface area contributed by atoms with E-state index < -0.39 is 0 Å². The van der Waals surface area contributed by atoms with Crippen LogP contribution in [0, 0.1) is 17.8 Å². The van der Waals surface area contributed by atoms with Gasteiger partial charge in [-0.1, -0.05) is 18.1 Å². The number of nitrogens with two attached hydrogens (primary N) is 1. The van der Waals surface area contributed by atoms with Crippen LogP contribution in [-0.4, -0.2) is 70.0 Å². The van der Waals surface area contributed by atoms with Gasteiger partial charge in [-0.3, -0.25) is 4.90 Å². The molecule has 8 heteroatoms. The van der Waals surface area contributed by atoms with E-state index in [1.807, 2.05) is 24.4 Å². The number of aromatic hydroxyl groups is 1. The lowest BCUT2D eigenvalue weighted by atomic mass is 9.86. The van der Waals surface area contributed by atoms with Gasteiger partial charge in [0.25, 0.3) is 0 Å². The van der Waals surface area contributed by atoms with Crippen molar-refractivity contribution in [2.45, 2.75) is 38.3 Å². The molecule has 190 valence electrons. The fourth-order valence-corrected chi connectivity index (χ4v) is 5.87. The summed E-state index contributed by atoms with van der Waals surface area (Å²) in [6.45, 7) is 6.79. The standard InChI is InChI=1S/C29H33N7O/c1-20-9-12-34(27-18-26(32-33-29(27)30)25-6-2-3-7-28(25)37)13-14-36(20)23-8-10-31-22(17-23)5-4-11-35-19-21-15-24(35)16-21/h2-3,6-8,10,17-18,20-21,24,37H,9,11-16,19H2,1H3,(H2,30,33)/t20-,21?,24?/m1/s1. The third-order valence-electron chi connectivity index (χ3n) is 8.08. The summed E-state index contributed by atoms with van der Waals surface area (Å²) in [5.41, 5.74) is 10.4. The van der Waals surface area contributed by atoms with Crippen molar-refractivity contribution < 1.29 is 5.11 Å². The average molecular weight is 496 g/mol. The highest BCUT2D eigenvalue weighted by molar-refractivity contribution is 5.74. The molecule has 3 N–H and O–H groups in total. The van der Waals surface area contributed by atoms with Crippen LogP contribution >= 0.6 is 0 Å². The van der Waals surface area contributed by atoms with Crippen LogP contribution in [0.25, 0.3) is 11.3 Å². The molecule has 7 rings (SSSR count). The van der Waals surface area contributed by atoms with Gasteiger partial charge in [0.05, 0.1) is 17.9 Å². The van der Waals surface area contributed by atoms with Crippen molar-refractivity contribution in [1.29, 1.82) is 0 Å². The van der Waals surface area contributed by atoms with Crippen LogP contribution in [0.5, 0.6) is 5.75 Å². The van der Waals surface area contributed by atoms with Gasteiger partial charge in [0.2, 0.25) is 0 Å². The summed E-state index contributed by atoms with van der Waals surface area (Å²) in [4.78, 5) is 11.7. The van der Waals surface area contributed by atoms with E-state index in [1.165, 1.54) is 19.4 Å². The monoisotopic (exact) mass is 495 g/mol. The van der Waals surface area contributed by atoms with Crippen LogP contribution in [0.1, 0.15) is 31.9 Å². The fourth-order valence-electron chi connectivity index (χ4n) is 5.87. The van der Waals surface area contributed by atoms with Crippen molar-refractivity contribution in [1.82, 2.24) is 20.1 Å². The van der Waals surface area contributed by atoms with E-state index >= 15 is 0 Å². The molecule has 37 heavy (non-hydrogen) atoms. The summed E-state index contributed by atoms with van der Waals surface area (Å²) in [7, 11) is 0. The molecule has 1 aliphatic carbocycles. The maximum atomic E-state index is 10.3. The van der Waals surface area contributed by atoms with Gasteiger partial charge in [-0.25, -0.2) is 4.98 Å². The van der Waals surface area contributed by atoms with Crippen molar-refractivity contribution >= 4 is 17.2 Å². The molecule has 1 saturated carbocycles. The number of hydrogen-bond acceptors (Lipinski definition) is 8. The summed E-state index contributed by atoms with van der Waals surface area (Å²) in [6, 6.07) is 14.4. The van der Waals surface area contributed by atoms with Crippen molar-refractivity contribution in [2.24, 2.45) is 5.92 Å². The van der Waals surface area contributed by atoms with E-state index in [0.29, 0.717) is 23.1 Å². The van der Waals surface area contributed by atoms with Crippen LogP contribution in [0.15, 0.2) is 48.7 Å². The summed E-state index contributed by atoms with van der Waals surface area (Å²) in [5.74, 6) is 8.14.